The van der Waals surface area contributed by atoms with Crippen LogP contribution in [0.25, 0.3) is 0 Å². The van der Waals surface area contributed by atoms with Crippen LogP contribution in [0.3, 0.4) is 0 Å². The van der Waals surface area contributed by atoms with Crippen molar-refractivity contribution in [2.24, 2.45) is 11.3 Å². The number of allylic oxidation sites excluding steroid dienone is 1. The molecular weight excluding hydrogens is 274 g/mol. The molecule has 3 nitrogen and oxygen atoms in total. The van der Waals surface area contributed by atoms with E-state index in [9.17, 15) is 9.59 Å². The highest BCUT2D eigenvalue weighted by atomic mass is 16.1. The summed E-state index contributed by atoms with van der Waals surface area (Å²) in [5.74, 6) is 0.990. The molecule has 1 atom stereocenters. The quantitative estimate of drug-likeness (QED) is 0.635. The maximum Gasteiger partial charge on any atom is 0.160 e. The summed E-state index contributed by atoms with van der Waals surface area (Å²) in [6.07, 6.45) is 6.88. The molecule has 0 aromatic rings. The van der Waals surface area contributed by atoms with Gasteiger partial charge in [0, 0.05) is 44.1 Å². The van der Waals surface area contributed by atoms with Crippen molar-refractivity contribution in [2.45, 2.75) is 73.1 Å². The topological polar surface area (TPSA) is 37.4 Å². The highest BCUT2D eigenvalue weighted by Gasteiger charge is 2.32. The first-order valence-corrected chi connectivity index (χ1v) is 8.81. The van der Waals surface area contributed by atoms with Gasteiger partial charge in [0.05, 0.1) is 0 Å². The van der Waals surface area contributed by atoms with Crippen molar-refractivity contribution in [1.29, 1.82) is 0 Å². The Morgan fingerprint density at radius 1 is 1.23 bits per heavy atom. The number of rotatable bonds is 9. The normalized spacial score (nSPS) is 18.8. The zero-order valence-corrected chi connectivity index (χ0v) is 15.1. The third-order valence-electron chi connectivity index (χ3n) is 4.49. The van der Waals surface area contributed by atoms with Crippen LogP contribution in [-0.2, 0) is 9.59 Å². The maximum atomic E-state index is 12.4. The van der Waals surface area contributed by atoms with E-state index in [1.54, 1.807) is 0 Å². The Labute approximate surface area is 136 Å². The number of carbonyl (C=O) groups is 2. The van der Waals surface area contributed by atoms with Gasteiger partial charge in [-0.25, -0.2) is 0 Å². The van der Waals surface area contributed by atoms with Gasteiger partial charge >= 0.3 is 0 Å². The van der Waals surface area contributed by atoms with E-state index in [-0.39, 0.29) is 11.2 Å². The molecule has 0 bridgehead atoms. The molecule has 0 N–H and O–H groups in total. The van der Waals surface area contributed by atoms with Crippen molar-refractivity contribution in [3.05, 3.63) is 11.8 Å². The van der Waals surface area contributed by atoms with Crippen LogP contribution in [0.2, 0.25) is 0 Å². The van der Waals surface area contributed by atoms with Crippen LogP contribution in [0.1, 0.15) is 73.1 Å². The summed E-state index contributed by atoms with van der Waals surface area (Å²) in [5, 5.41) is 0. The summed E-state index contributed by atoms with van der Waals surface area (Å²) in [5.41, 5.74) is 0.942. The van der Waals surface area contributed by atoms with E-state index in [0.717, 1.165) is 37.9 Å². The second-order valence-corrected chi connectivity index (χ2v) is 7.44. The number of Topliss-reactive ketones (excluding diaryl/α,β-unsaturated/α-hetero) is 2. The lowest BCUT2D eigenvalue weighted by Crippen LogP contribution is -2.37. The van der Waals surface area contributed by atoms with E-state index < -0.39 is 0 Å². The minimum atomic E-state index is -0.0238. The summed E-state index contributed by atoms with van der Waals surface area (Å²) in [7, 11) is 0. The van der Waals surface area contributed by atoms with Gasteiger partial charge in [0.2, 0.25) is 0 Å². The van der Waals surface area contributed by atoms with Crippen LogP contribution in [-0.4, -0.2) is 29.6 Å². The molecule has 1 heterocycles. The maximum absolute atomic E-state index is 12.4. The van der Waals surface area contributed by atoms with Crippen molar-refractivity contribution in [3.8, 4) is 0 Å². The average molecular weight is 307 g/mol. The van der Waals surface area contributed by atoms with Crippen molar-refractivity contribution in [2.75, 3.05) is 13.1 Å². The average Bonchev–Trinajstić information content (AvgIpc) is 2.41. The molecule has 126 valence electrons. The number of hydrogen-bond donors (Lipinski definition) is 0. The lowest BCUT2D eigenvalue weighted by Gasteiger charge is -2.38. The Hall–Kier alpha value is -1.12. The zero-order valence-electron chi connectivity index (χ0n) is 15.1. The molecule has 22 heavy (non-hydrogen) atoms. The molecule has 1 rings (SSSR count). The van der Waals surface area contributed by atoms with E-state index >= 15 is 0 Å². The number of hydrogen-bond acceptors (Lipinski definition) is 3. The van der Waals surface area contributed by atoms with Crippen LogP contribution >= 0.6 is 0 Å². The van der Waals surface area contributed by atoms with Gasteiger partial charge in [0.15, 0.2) is 5.78 Å². The molecular formula is C19H33NO2. The Balaban J connectivity index is 2.69. The Morgan fingerprint density at radius 3 is 2.45 bits per heavy atom. The van der Waals surface area contributed by atoms with Gasteiger partial charge in [-0.1, -0.05) is 34.6 Å². The predicted octanol–water partition coefficient (Wildman–Crippen LogP) is 4.37. The standard InChI is InChI=1S/C19H33NO2/c1-6-8-16(21)12-15(3)13-20-11-10-19(4,5)17(14-20)18(22)9-7-2/h14-15H,6-13H2,1-5H3. The van der Waals surface area contributed by atoms with E-state index in [1.165, 1.54) is 0 Å². The minimum Gasteiger partial charge on any atom is -0.377 e. The first-order valence-electron chi connectivity index (χ1n) is 8.81. The summed E-state index contributed by atoms with van der Waals surface area (Å²) in [4.78, 5) is 26.4. The fourth-order valence-electron chi connectivity index (χ4n) is 3.17. The summed E-state index contributed by atoms with van der Waals surface area (Å²) >= 11 is 0. The van der Waals surface area contributed by atoms with Crippen LogP contribution < -0.4 is 0 Å². The summed E-state index contributed by atoms with van der Waals surface area (Å²) < 4.78 is 0. The first-order chi connectivity index (χ1) is 10.3. The van der Waals surface area contributed by atoms with E-state index in [0.29, 0.717) is 31.0 Å². The van der Waals surface area contributed by atoms with E-state index in [4.69, 9.17) is 0 Å². The molecule has 3 heteroatoms. The smallest absolute Gasteiger partial charge is 0.160 e. The number of nitrogens with zero attached hydrogens (tertiary/aromatic N) is 1. The summed E-state index contributed by atoms with van der Waals surface area (Å²) in [6, 6.07) is 0. The molecule has 1 aliphatic heterocycles. The molecule has 0 aliphatic carbocycles. The number of ketones is 2. The van der Waals surface area contributed by atoms with Gasteiger partial charge in [-0.05, 0) is 30.6 Å². The van der Waals surface area contributed by atoms with Crippen LogP contribution in [0.5, 0.6) is 0 Å². The van der Waals surface area contributed by atoms with Crippen LogP contribution in [0.15, 0.2) is 11.8 Å². The van der Waals surface area contributed by atoms with E-state index in [1.807, 2.05) is 13.8 Å². The monoisotopic (exact) mass is 307 g/mol. The molecule has 0 spiro atoms. The number of carbonyl (C=O) groups excluding carboxylic acids is 2. The van der Waals surface area contributed by atoms with Gasteiger partial charge in [-0.2, -0.15) is 0 Å². The molecule has 1 aliphatic rings. The molecule has 0 fully saturated rings. The predicted molar refractivity (Wildman–Crippen MR) is 91.7 cm³/mol. The van der Waals surface area contributed by atoms with Crippen molar-refractivity contribution in [3.63, 3.8) is 0 Å². The second-order valence-electron chi connectivity index (χ2n) is 7.44. The van der Waals surface area contributed by atoms with Gasteiger partial charge < -0.3 is 4.90 Å². The fraction of sp³-hybridized carbons (Fsp3) is 0.789. The second kappa shape index (κ2) is 8.50. The van der Waals surface area contributed by atoms with E-state index in [2.05, 4.69) is 31.9 Å². The van der Waals surface area contributed by atoms with Crippen molar-refractivity contribution in [1.82, 2.24) is 4.90 Å². The van der Waals surface area contributed by atoms with Crippen LogP contribution in [0, 0.1) is 11.3 Å². The minimum absolute atomic E-state index is 0.0238. The van der Waals surface area contributed by atoms with Crippen molar-refractivity contribution < 1.29 is 9.59 Å². The lowest BCUT2D eigenvalue weighted by atomic mass is 9.76. The molecule has 0 saturated carbocycles. The fourth-order valence-corrected chi connectivity index (χ4v) is 3.17. The Kier molecular flexibility index (Phi) is 7.31. The Bertz CT molecular complexity index is 423. The van der Waals surface area contributed by atoms with Crippen molar-refractivity contribution >= 4 is 11.6 Å². The highest BCUT2D eigenvalue weighted by molar-refractivity contribution is 5.96. The zero-order chi connectivity index (χ0) is 16.8. The molecule has 0 saturated heterocycles. The Morgan fingerprint density at radius 2 is 1.86 bits per heavy atom. The molecule has 0 radical (unpaired) electrons. The van der Waals surface area contributed by atoms with Gasteiger partial charge in [0.25, 0.3) is 0 Å². The third-order valence-corrected chi connectivity index (χ3v) is 4.49. The molecule has 0 aromatic heterocycles. The SMILES string of the molecule is CCCC(=O)CC(C)CN1C=C(C(=O)CCC)C(C)(C)CC1. The highest BCUT2D eigenvalue weighted by Crippen LogP contribution is 2.36. The first kappa shape index (κ1) is 18.9. The van der Waals surface area contributed by atoms with Gasteiger partial charge in [-0.3, -0.25) is 9.59 Å². The molecule has 1 unspecified atom stereocenters. The van der Waals surface area contributed by atoms with Crippen LogP contribution in [0.4, 0.5) is 0 Å². The molecule has 0 aromatic carbocycles. The lowest BCUT2D eigenvalue weighted by molar-refractivity contribution is -0.120. The summed E-state index contributed by atoms with van der Waals surface area (Å²) in [6.45, 7) is 12.4. The largest absolute Gasteiger partial charge is 0.377 e. The molecule has 0 amide bonds. The third kappa shape index (κ3) is 5.58. The van der Waals surface area contributed by atoms with Gasteiger partial charge in [0.1, 0.15) is 5.78 Å². The van der Waals surface area contributed by atoms with Gasteiger partial charge in [-0.15, -0.1) is 0 Å².